The summed E-state index contributed by atoms with van der Waals surface area (Å²) in [4.78, 5) is 57.1. The van der Waals surface area contributed by atoms with Crippen LogP contribution in [0.1, 0.15) is 5.56 Å². The van der Waals surface area contributed by atoms with Gasteiger partial charge in [-0.15, -0.1) is 22.1 Å². The van der Waals surface area contributed by atoms with Crippen LogP contribution < -0.4 is 9.97 Å². The van der Waals surface area contributed by atoms with Crippen LogP contribution in [0.4, 0.5) is 17.1 Å². The first kappa shape index (κ1) is 39.9. The molecule has 0 N–H and O–H groups in total. The Labute approximate surface area is 391 Å². The molecule has 8 bridgehead atoms. The van der Waals surface area contributed by atoms with Gasteiger partial charge in [-0.1, -0.05) is 84.9 Å². The van der Waals surface area contributed by atoms with Crippen molar-refractivity contribution in [2.24, 2.45) is 0 Å². The van der Waals surface area contributed by atoms with E-state index in [1.807, 2.05) is 66.7 Å². The fourth-order valence-corrected chi connectivity index (χ4v) is 10.3. The zero-order valence-electron chi connectivity index (χ0n) is 34.8. The van der Waals surface area contributed by atoms with Crippen LogP contribution >= 0.6 is 0 Å². The molecule has 13 rings (SSSR count). The van der Waals surface area contributed by atoms with Crippen LogP contribution in [-0.2, 0) is 21.1 Å². The quantitative estimate of drug-likeness (QED) is 0.122. The van der Waals surface area contributed by atoms with Gasteiger partial charge < -0.3 is 9.97 Å². The molecule has 67 heavy (non-hydrogen) atoms. The number of benzene rings is 8. The topological polar surface area (TPSA) is 183 Å². The Balaban J connectivity index is 0.00000468. The number of rotatable bonds is 3. The van der Waals surface area contributed by atoms with Crippen molar-refractivity contribution < 1.29 is 35.8 Å². The third-order valence-electron chi connectivity index (χ3n) is 13.2. The van der Waals surface area contributed by atoms with E-state index >= 15 is 0 Å². The van der Waals surface area contributed by atoms with Gasteiger partial charge in [0.05, 0.1) is 53.7 Å². The van der Waals surface area contributed by atoms with Crippen molar-refractivity contribution in [1.29, 1.82) is 0 Å². The molecule has 0 radical (unpaired) electrons. The Hall–Kier alpha value is -8.67. The van der Waals surface area contributed by atoms with Gasteiger partial charge in [0.1, 0.15) is 0 Å². The predicted octanol–water partition coefficient (Wildman–Crippen LogP) is 13.2. The van der Waals surface area contributed by atoms with Crippen LogP contribution in [0.15, 0.2) is 146 Å². The van der Waals surface area contributed by atoms with Crippen molar-refractivity contribution in [2.45, 2.75) is 6.92 Å². The summed E-state index contributed by atoms with van der Waals surface area (Å²) in [5.74, 6) is 0. The van der Waals surface area contributed by atoms with E-state index in [1.54, 1.807) is 36.4 Å². The third kappa shape index (κ3) is 5.71. The van der Waals surface area contributed by atoms with E-state index in [-0.39, 0.29) is 48.0 Å². The molecule has 0 saturated carbocycles. The maximum absolute atomic E-state index is 12.4. The van der Waals surface area contributed by atoms with E-state index < -0.39 is 4.92 Å². The van der Waals surface area contributed by atoms with E-state index in [4.69, 9.17) is 19.9 Å². The van der Waals surface area contributed by atoms with Crippen LogP contribution in [0, 0.1) is 37.3 Å². The van der Waals surface area contributed by atoms with Crippen molar-refractivity contribution in [1.82, 2.24) is 19.9 Å². The number of hydrogen-bond donors (Lipinski definition) is 0. The van der Waals surface area contributed by atoms with Crippen LogP contribution in [0.25, 0.3) is 132 Å². The average Bonchev–Trinajstić information content (AvgIpc) is 4.06. The van der Waals surface area contributed by atoms with E-state index in [1.165, 1.54) is 18.2 Å². The van der Waals surface area contributed by atoms with Gasteiger partial charge in [0.15, 0.2) is 0 Å². The molecule has 2 aliphatic rings. The Bertz CT molecular complexity index is 4250. The number of nitro benzene ring substituents is 3. The van der Waals surface area contributed by atoms with Gasteiger partial charge in [-0.3, -0.25) is 30.3 Å². The molecule has 0 spiro atoms. The second-order valence-corrected chi connectivity index (χ2v) is 16.6. The first-order valence-electron chi connectivity index (χ1n) is 21.0. The summed E-state index contributed by atoms with van der Waals surface area (Å²) in [6.45, 7) is 2.07. The van der Waals surface area contributed by atoms with Gasteiger partial charge >= 0.3 is 21.1 Å². The minimum Gasteiger partial charge on any atom is -0.657 e. The third-order valence-corrected chi connectivity index (χ3v) is 13.2. The van der Waals surface area contributed by atoms with Crippen LogP contribution in [0.5, 0.6) is 0 Å². The summed E-state index contributed by atoms with van der Waals surface area (Å²) in [5, 5.41) is 45.5. The molecule has 0 aliphatic carbocycles. The minimum absolute atomic E-state index is 0. The molecule has 320 valence electrons. The second-order valence-electron chi connectivity index (χ2n) is 16.6. The maximum Gasteiger partial charge on any atom is 2.00 e. The van der Waals surface area contributed by atoms with Gasteiger partial charge in [-0.25, -0.2) is 9.97 Å². The molecule has 3 aromatic heterocycles. The number of aromatic nitrogens is 4. The molecule has 0 fully saturated rings. The second kappa shape index (κ2) is 14.4. The van der Waals surface area contributed by atoms with Crippen molar-refractivity contribution in [3.8, 4) is 45.0 Å². The first-order chi connectivity index (χ1) is 32.1. The molecule has 0 atom stereocenters. The number of hydrogen-bond acceptors (Lipinski definition) is 8. The Morgan fingerprint density at radius 3 is 1.21 bits per heavy atom. The summed E-state index contributed by atoms with van der Waals surface area (Å²) in [5.41, 5.74) is 8.32. The molecule has 11 aromatic rings. The minimum atomic E-state index is -0.403. The van der Waals surface area contributed by atoms with E-state index in [0.29, 0.717) is 99.1 Å². The van der Waals surface area contributed by atoms with Crippen LogP contribution in [0.2, 0.25) is 0 Å². The van der Waals surface area contributed by atoms with E-state index in [9.17, 15) is 30.3 Å². The van der Waals surface area contributed by atoms with Gasteiger partial charge in [-0.05, 0) is 103 Å². The summed E-state index contributed by atoms with van der Waals surface area (Å²) in [7, 11) is 0. The SMILES string of the molecule is Cc1cccc2c1ccc1c3cc4nc(cc5[n-]c(cc6nc(cc([n-]3)c12)-c1ccc2c([N+](=O)[O-])cccc2c1-6)c1ccc2c([N+](=O)[O-])cccc2c51)-c1ccc2c([N+](=O)[O-])cccc2c1-4.[Pt+2]. The average molecular weight is 1050 g/mol. The Morgan fingerprint density at radius 1 is 0.388 bits per heavy atom. The summed E-state index contributed by atoms with van der Waals surface area (Å²) in [6, 6.07) is 43.7. The number of non-ortho nitro benzene ring substituents is 3. The summed E-state index contributed by atoms with van der Waals surface area (Å²) in [6.07, 6.45) is 0. The normalized spacial score (nSPS) is 11.9. The molecular weight excluding hydrogens is 1030 g/mol. The zero-order chi connectivity index (χ0) is 44.7. The van der Waals surface area contributed by atoms with Gasteiger partial charge in [0.2, 0.25) is 0 Å². The van der Waals surface area contributed by atoms with Crippen molar-refractivity contribution in [3.05, 3.63) is 181 Å². The maximum atomic E-state index is 12.4. The summed E-state index contributed by atoms with van der Waals surface area (Å²) < 4.78 is 0. The zero-order valence-corrected chi connectivity index (χ0v) is 37.0. The fraction of sp³-hybridized carbons (Fsp3) is 0.0189. The molecular formula is C53H27N7O6Pt. The molecule has 8 aromatic carbocycles. The molecule has 14 heteroatoms. The predicted molar refractivity (Wildman–Crippen MR) is 258 cm³/mol. The molecule has 13 nitrogen and oxygen atoms in total. The number of nitro groups is 3. The van der Waals surface area contributed by atoms with Crippen LogP contribution in [-0.4, -0.2) is 24.7 Å². The smallest absolute Gasteiger partial charge is 0.657 e. The first-order valence-corrected chi connectivity index (χ1v) is 21.0. The van der Waals surface area contributed by atoms with Crippen molar-refractivity contribution >= 4 is 104 Å². The molecule has 0 amide bonds. The number of aryl methyl sites for hydroxylation is 1. The molecule has 0 unspecified atom stereocenters. The molecule has 2 aliphatic heterocycles. The fourth-order valence-electron chi connectivity index (χ4n) is 10.3. The van der Waals surface area contributed by atoms with Gasteiger partial charge in [0, 0.05) is 40.5 Å². The monoisotopic (exact) mass is 1050 g/mol. The van der Waals surface area contributed by atoms with Crippen LogP contribution in [0.3, 0.4) is 0 Å². The van der Waals surface area contributed by atoms with Crippen molar-refractivity contribution in [2.75, 3.05) is 0 Å². The standard InChI is InChI=1S/C53H27N7O6.Pt/c1-26-6-2-7-31-27(26)14-18-35-39-23-44-52-33-9-4-12-48(59(63)64)29(33)16-20-37(52)41(56-44)25-46-53-34-10-5-13-49(60(65)66)30(34)17-21-38(53)42(57-46)24-45-51-32-8-3-11-47(58(61)62)28(32)15-19-36(51)40(55-45)22-43(54-39)50(31)35;/h2-25H,1H3;/q-2;+2. The van der Waals surface area contributed by atoms with Gasteiger partial charge in [-0.2, -0.15) is 0 Å². The van der Waals surface area contributed by atoms with Gasteiger partial charge in [0.25, 0.3) is 17.1 Å². The largest absolute Gasteiger partial charge is 2.00 e. The Morgan fingerprint density at radius 2 is 0.746 bits per heavy atom. The van der Waals surface area contributed by atoms with E-state index in [0.717, 1.165) is 38.2 Å². The Kier molecular flexibility index (Phi) is 8.58. The number of nitrogens with zero attached hydrogens (tertiary/aromatic N) is 7. The number of fused-ring (bicyclic) bond motifs is 28. The van der Waals surface area contributed by atoms with E-state index in [2.05, 4.69) is 31.2 Å². The van der Waals surface area contributed by atoms with Crippen molar-refractivity contribution in [3.63, 3.8) is 0 Å². The summed E-state index contributed by atoms with van der Waals surface area (Å²) >= 11 is 0. The molecule has 0 saturated heterocycles. The molecule has 5 heterocycles.